The second-order valence-electron chi connectivity index (χ2n) is 6.88. The maximum Gasteiger partial charge on any atom is 0.254 e. The second-order valence-corrected chi connectivity index (χ2v) is 7.74. The summed E-state index contributed by atoms with van der Waals surface area (Å²) >= 11 is 3.56. The van der Waals surface area contributed by atoms with E-state index in [2.05, 4.69) is 41.9 Å². The Hall–Kier alpha value is -3.91. The van der Waals surface area contributed by atoms with E-state index in [1.54, 1.807) is 11.0 Å². The minimum absolute atomic E-state index is 0.0697. The van der Waals surface area contributed by atoms with Crippen LogP contribution < -0.4 is 14.8 Å². The largest absolute Gasteiger partial charge is 0.454 e. The van der Waals surface area contributed by atoms with Gasteiger partial charge in [-0.25, -0.2) is 0 Å². The van der Waals surface area contributed by atoms with Crippen molar-refractivity contribution in [2.24, 2.45) is 0 Å². The minimum atomic E-state index is -0.0697. The molecule has 0 saturated carbocycles. The van der Waals surface area contributed by atoms with Crippen LogP contribution in [0, 0.1) is 11.3 Å². The predicted molar refractivity (Wildman–Crippen MR) is 112 cm³/mol. The number of aromatic amines is 1. The van der Waals surface area contributed by atoms with Crippen LogP contribution in [0.5, 0.6) is 11.5 Å². The summed E-state index contributed by atoms with van der Waals surface area (Å²) in [5, 5.41) is 25.7. The molecule has 0 fully saturated rings. The third-order valence-electron chi connectivity index (χ3n) is 4.96. The van der Waals surface area contributed by atoms with E-state index in [-0.39, 0.29) is 24.1 Å². The van der Waals surface area contributed by atoms with Gasteiger partial charge >= 0.3 is 0 Å². The van der Waals surface area contributed by atoms with Crippen LogP contribution in [-0.2, 0) is 13.1 Å². The van der Waals surface area contributed by atoms with Gasteiger partial charge in [0.15, 0.2) is 11.5 Å². The van der Waals surface area contributed by atoms with Crippen molar-refractivity contribution in [1.29, 1.82) is 5.26 Å². The van der Waals surface area contributed by atoms with Gasteiger partial charge in [-0.1, -0.05) is 22.0 Å². The molecule has 154 valence electrons. The molecule has 0 atom stereocenters. The zero-order valence-electron chi connectivity index (χ0n) is 15.9. The molecule has 2 aromatic carbocycles. The molecule has 1 amide bonds. The van der Waals surface area contributed by atoms with Crippen LogP contribution in [0.3, 0.4) is 0 Å². The molecule has 0 saturated heterocycles. The number of anilines is 1. The summed E-state index contributed by atoms with van der Waals surface area (Å²) in [6.45, 7) is 1.16. The molecular weight excluding hydrogens is 466 g/mol. The number of tetrazole rings is 1. The molecule has 0 aliphatic carbocycles. The van der Waals surface area contributed by atoms with Gasteiger partial charge in [-0.3, -0.25) is 4.79 Å². The van der Waals surface area contributed by atoms with E-state index in [0.717, 1.165) is 15.6 Å². The maximum atomic E-state index is 13.0. The van der Waals surface area contributed by atoms with Crippen molar-refractivity contribution in [1.82, 2.24) is 25.5 Å². The zero-order chi connectivity index (χ0) is 21.4. The Morgan fingerprint density at radius 3 is 3.00 bits per heavy atom. The number of allylic oxidation sites excluding steroid dienone is 1. The fourth-order valence-corrected chi connectivity index (χ4v) is 4.06. The van der Waals surface area contributed by atoms with Crippen LogP contribution in [0.15, 0.2) is 41.0 Å². The average molecular weight is 480 g/mol. The number of benzene rings is 2. The lowest BCUT2D eigenvalue weighted by molar-refractivity contribution is 0.0766. The quantitative estimate of drug-likeness (QED) is 0.534. The van der Waals surface area contributed by atoms with E-state index in [1.807, 2.05) is 30.3 Å². The number of hydrogen-bond donors (Lipinski definition) is 2. The van der Waals surface area contributed by atoms with Gasteiger partial charge in [0, 0.05) is 35.0 Å². The maximum absolute atomic E-state index is 13.0. The summed E-state index contributed by atoms with van der Waals surface area (Å²) in [5.41, 5.74) is 3.34. The number of ether oxygens (including phenoxy) is 2. The normalized spacial score (nSPS) is 14.5. The summed E-state index contributed by atoms with van der Waals surface area (Å²) in [6, 6.07) is 11.3. The predicted octanol–water partition coefficient (Wildman–Crippen LogP) is 2.82. The number of nitrogens with zero attached hydrogens (tertiary/aromatic N) is 5. The van der Waals surface area contributed by atoms with Gasteiger partial charge in [-0.15, -0.1) is 10.2 Å². The smallest absolute Gasteiger partial charge is 0.254 e. The summed E-state index contributed by atoms with van der Waals surface area (Å²) in [5.74, 6) is 1.51. The number of nitriles is 1. The van der Waals surface area contributed by atoms with Gasteiger partial charge in [0.05, 0.1) is 0 Å². The van der Waals surface area contributed by atoms with E-state index in [1.165, 1.54) is 6.20 Å². The Balaban J connectivity index is 1.36. The van der Waals surface area contributed by atoms with Crippen molar-refractivity contribution in [3.63, 3.8) is 0 Å². The van der Waals surface area contributed by atoms with Crippen LogP contribution >= 0.6 is 15.9 Å². The third-order valence-corrected chi connectivity index (χ3v) is 5.67. The molecule has 2 aliphatic heterocycles. The van der Waals surface area contributed by atoms with E-state index < -0.39 is 0 Å². The number of H-pyrrole nitrogens is 1. The molecule has 11 heteroatoms. The fraction of sp³-hybridized carbons (Fsp3) is 0.150. The van der Waals surface area contributed by atoms with E-state index in [0.29, 0.717) is 35.8 Å². The average Bonchev–Trinajstić information content (AvgIpc) is 3.51. The van der Waals surface area contributed by atoms with Gasteiger partial charge in [-0.05, 0) is 40.6 Å². The molecule has 0 spiro atoms. The number of hydrogen-bond acceptors (Lipinski definition) is 8. The number of amides is 1. The van der Waals surface area contributed by atoms with Crippen molar-refractivity contribution in [2.75, 3.05) is 12.1 Å². The van der Waals surface area contributed by atoms with Gasteiger partial charge in [-0.2, -0.15) is 10.5 Å². The topological polar surface area (TPSA) is 129 Å². The summed E-state index contributed by atoms with van der Waals surface area (Å²) in [6.07, 6.45) is 1.48. The van der Waals surface area contributed by atoms with E-state index >= 15 is 0 Å². The third kappa shape index (κ3) is 3.57. The molecule has 2 aliphatic rings. The van der Waals surface area contributed by atoms with Gasteiger partial charge in [0.25, 0.3) is 5.91 Å². The lowest BCUT2D eigenvalue weighted by Crippen LogP contribution is -2.23. The number of carbonyl (C=O) groups is 1. The molecule has 2 N–H and O–H groups in total. The highest BCUT2D eigenvalue weighted by Crippen LogP contribution is 2.36. The second kappa shape index (κ2) is 7.73. The molecule has 0 bridgehead atoms. The summed E-state index contributed by atoms with van der Waals surface area (Å²) in [7, 11) is 0. The van der Waals surface area contributed by atoms with Crippen LogP contribution in [0.2, 0.25) is 0 Å². The molecule has 3 aromatic rings. The Morgan fingerprint density at radius 2 is 2.19 bits per heavy atom. The molecule has 3 heterocycles. The van der Waals surface area contributed by atoms with E-state index in [4.69, 9.17) is 9.47 Å². The molecule has 5 rings (SSSR count). The lowest BCUT2D eigenvalue weighted by atomic mass is 10.1. The number of halogens is 1. The van der Waals surface area contributed by atoms with Gasteiger partial charge in [0.2, 0.25) is 12.6 Å². The number of nitrogens with one attached hydrogen (secondary N) is 2. The van der Waals surface area contributed by atoms with Crippen molar-refractivity contribution < 1.29 is 14.3 Å². The Morgan fingerprint density at radius 1 is 1.32 bits per heavy atom. The fourth-order valence-electron chi connectivity index (χ4n) is 3.47. The summed E-state index contributed by atoms with van der Waals surface area (Å²) < 4.78 is 11.6. The first-order chi connectivity index (χ1) is 15.1. The molecular formula is C20H14BrN7O3. The highest BCUT2D eigenvalue weighted by molar-refractivity contribution is 9.10. The first-order valence-corrected chi connectivity index (χ1v) is 10.0. The van der Waals surface area contributed by atoms with Crippen LogP contribution in [0.1, 0.15) is 27.3 Å². The number of rotatable bonds is 5. The van der Waals surface area contributed by atoms with Crippen molar-refractivity contribution in [3.8, 4) is 17.6 Å². The molecule has 31 heavy (non-hydrogen) atoms. The van der Waals surface area contributed by atoms with Crippen molar-refractivity contribution in [2.45, 2.75) is 13.1 Å². The first kappa shape index (κ1) is 19.1. The highest BCUT2D eigenvalue weighted by Gasteiger charge is 2.30. The minimum Gasteiger partial charge on any atom is -0.454 e. The number of aromatic nitrogens is 4. The molecule has 1 aromatic heterocycles. The Labute approximate surface area is 184 Å². The van der Waals surface area contributed by atoms with Gasteiger partial charge in [0.1, 0.15) is 11.6 Å². The van der Waals surface area contributed by atoms with E-state index in [9.17, 15) is 10.1 Å². The van der Waals surface area contributed by atoms with Crippen LogP contribution in [0.25, 0.3) is 5.57 Å². The van der Waals surface area contributed by atoms with Crippen LogP contribution in [-0.4, -0.2) is 38.2 Å². The molecule has 0 unspecified atom stereocenters. The molecule has 10 nitrogen and oxygen atoms in total. The van der Waals surface area contributed by atoms with Gasteiger partial charge < -0.3 is 19.7 Å². The Kier molecular flexibility index (Phi) is 4.76. The van der Waals surface area contributed by atoms with Crippen molar-refractivity contribution >= 4 is 33.1 Å². The van der Waals surface area contributed by atoms with Crippen LogP contribution in [0.4, 0.5) is 5.69 Å². The van der Waals surface area contributed by atoms with Crippen molar-refractivity contribution in [3.05, 3.63) is 63.5 Å². The zero-order valence-corrected chi connectivity index (χ0v) is 17.5. The number of fused-ring (bicyclic) bond motifs is 2. The Bertz CT molecular complexity index is 1250. The standard InChI is InChI=1S/C20H14BrN7O3/c21-16-5-13(23-7-12(6-22)19-24-26-27-25-19)4-14-15(16)9-28(20(14)29)8-11-1-2-17-18(3-11)31-10-30-17/h1-5,7,23H,8-10H2,(H,24,25,26,27). The SMILES string of the molecule is N#CC(=CNc1cc(Br)c2c(c1)C(=O)N(Cc1ccc3c(c1)OCO3)C2)c1nn[nH]n1. The highest BCUT2D eigenvalue weighted by atomic mass is 79.9. The monoisotopic (exact) mass is 479 g/mol. The number of carbonyl (C=O) groups excluding carboxylic acids is 1. The summed E-state index contributed by atoms with van der Waals surface area (Å²) in [4.78, 5) is 14.8. The molecule has 0 radical (unpaired) electrons. The lowest BCUT2D eigenvalue weighted by Gasteiger charge is -2.16. The first-order valence-electron chi connectivity index (χ1n) is 9.23.